The minimum atomic E-state index is -3.75. The number of nitrogens with zero attached hydrogens (tertiary/aromatic N) is 2. The molecule has 0 unspecified atom stereocenters. The molecular formula is C15H15N3O3S. The molecule has 1 aliphatic carbocycles. The van der Waals surface area contributed by atoms with Gasteiger partial charge in [0.2, 0.25) is 10.0 Å². The van der Waals surface area contributed by atoms with Gasteiger partial charge in [-0.1, -0.05) is 12.0 Å². The summed E-state index contributed by atoms with van der Waals surface area (Å²) in [5.74, 6) is 1.85. The van der Waals surface area contributed by atoms with Crippen LogP contribution in [0, 0.1) is 23.7 Å². The van der Waals surface area contributed by atoms with Gasteiger partial charge in [0.05, 0.1) is 17.5 Å². The Kier molecular flexibility index (Phi) is 4.81. The van der Waals surface area contributed by atoms with E-state index in [1.54, 1.807) is 0 Å². The van der Waals surface area contributed by atoms with E-state index in [0.717, 1.165) is 12.8 Å². The second-order valence-corrected chi connectivity index (χ2v) is 6.65. The van der Waals surface area contributed by atoms with Crippen LogP contribution in [0.2, 0.25) is 0 Å². The van der Waals surface area contributed by atoms with E-state index in [9.17, 15) is 13.2 Å². The van der Waals surface area contributed by atoms with Gasteiger partial charge in [-0.2, -0.15) is 9.98 Å². The van der Waals surface area contributed by atoms with Gasteiger partial charge in [-0.15, -0.1) is 6.42 Å². The Hall–Kier alpha value is -2.35. The molecule has 1 N–H and O–H groups in total. The molecule has 1 saturated carbocycles. The van der Waals surface area contributed by atoms with Gasteiger partial charge < -0.3 is 4.90 Å². The van der Waals surface area contributed by atoms with Crippen molar-refractivity contribution in [2.45, 2.75) is 23.8 Å². The van der Waals surface area contributed by atoms with Gasteiger partial charge in [0.25, 0.3) is 5.91 Å². The van der Waals surface area contributed by atoms with E-state index in [-0.39, 0.29) is 35.5 Å². The first kappa shape index (κ1) is 16.0. The van der Waals surface area contributed by atoms with Crippen LogP contribution < -0.4 is 4.72 Å². The van der Waals surface area contributed by atoms with Crippen molar-refractivity contribution in [1.29, 1.82) is 5.26 Å². The Morgan fingerprint density at radius 3 is 2.77 bits per heavy atom. The van der Waals surface area contributed by atoms with Crippen molar-refractivity contribution in [1.82, 2.24) is 9.62 Å². The predicted molar refractivity (Wildman–Crippen MR) is 80.1 cm³/mol. The Bertz CT molecular complexity index is 755. The molecular weight excluding hydrogens is 302 g/mol. The Balaban J connectivity index is 2.26. The summed E-state index contributed by atoms with van der Waals surface area (Å²) in [6.07, 6.45) is 6.78. The zero-order valence-electron chi connectivity index (χ0n) is 11.8. The van der Waals surface area contributed by atoms with E-state index in [1.165, 1.54) is 29.2 Å². The minimum Gasteiger partial charge on any atom is -0.322 e. The van der Waals surface area contributed by atoms with E-state index in [2.05, 4.69) is 10.6 Å². The fourth-order valence-electron chi connectivity index (χ4n) is 2.01. The Morgan fingerprint density at radius 2 is 2.18 bits per heavy atom. The van der Waals surface area contributed by atoms with Gasteiger partial charge in [-0.3, -0.25) is 4.79 Å². The molecule has 0 heterocycles. The zero-order valence-corrected chi connectivity index (χ0v) is 12.6. The van der Waals surface area contributed by atoms with Crippen molar-refractivity contribution in [3.05, 3.63) is 29.8 Å². The lowest BCUT2D eigenvalue weighted by molar-refractivity contribution is 0.0764. The van der Waals surface area contributed by atoms with Crippen molar-refractivity contribution >= 4 is 15.9 Å². The number of sulfonamides is 1. The van der Waals surface area contributed by atoms with Crippen LogP contribution in [0.5, 0.6) is 0 Å². The summed E-state index contributed by atoms with van der Waals surface area (Å²) in [5, 5.41) is 8.82. The van der Waals surface area contributed by atoms with Crippen LogP contribution in [0.3, 0.4) is 0 Å². The fraction of sp³-hybridized carbons (Fsp3) is 0.333. The van der Waals surface area contributed by atoms with Gasteiger partial charge in [0.15, 0.2) is 0 Å². The molecule has 0 saturated heterocycles. The maximum Gasteiger partial charge on any atom is 0.255 e. The second kappa shape index (κ2) is 6.61. The molecule has 0 bridgehead atoms. The highest BCUT2D eigenvalue weighted by atomic mass is 32.2. The van der Waals surface area contributed by atoms with Crippen molar-refractivity contribution in [3.8, 4) is 18.4 Å². The largest absolute Gasteiger partial charge is 0.322 e. The Morgan fingerprint density at radius 1 is 1.45 bits per heavy atom. The lowest BCUT2D eigenvalue weighted by atomic mass is 10.2. The molecule has 0 atom stereocenters. The number of benzene rings is 1. The summed E-state index contributed by atoms with van der Waals surface area (Å²) in [5.41, 5.74) is 0.241. The number of amides is 1. The molecule has 7 heteroatoms. The highest BCUT2D eigenvalue weighted by molar-refractivity contribution is 7.89. The van der Waals surface area contributed by atoms with Gasteiger partial charge in [0.1, 0.15) is 6.54 Å². The number of carbonyl (C=O) groups is 1. The van der Waals surface area contributed by atoms with E-state index >= 15 is 0 Å². The van der Waals surface area contributed by atoms with E-state index in [4.69, 9.17) is 11.7 Å². The summed E-state index contributed by atoms with van der Waals surface area (Å²) in [6.45, 7) is -0.126. The van der Waals surface area contributed by atoms with E-state index in [1.807, 2.05) is 6.07 Å². The normalized spacial score (nSPS) is 13.9. The third-order valence-corrected chi connectivity index (χ3v) is 4.64. The SMILES string of the molecule is C#CCNS(=O)(=O)c1cccc(C(=O)N(CC#N)C2CC2)c1. The molecule has 0 aliphatic heterocycles. The molecule has 2 rings (SSSR count). The number of carbonyl (C=O) groups excluding carboxylic acids is 1. The van der Waals surface area contributed by atoms with Crippen molar-refractivity contribution < 1.29 is 13.2 Å². The molecule has 6 nitrogen and oxygen atoms in total. The fourth-order valence-corrected chi connectivity index (χ4v) is 2.99. The molecule has 114 valence electrons. The molecule has 22 heavy (non-hydrogen) atoms. The van der Waals surface area contributed by atoms with Crippen LogP contribution in [0.15, 0.2) is 29.2 Å². The van der Waals surface area contributed by atoms with Crippen molar-refractivity contribution in [2.75, 3.05) is 13.1 Å². The average molecular weight is 317 g/mol. The Labute approximate surface area is 129 Å². The van der Waals surface area contributed by atoms with Gasteiger partial charge in [0, 0.05) is 11.6 Å². The molecule has 0 radical (unpaired) electrons. The van der Waals surface area contributed by atoms with Crippen LogP contribution in [0.1, 0.15) is 23.2 Å². The van der Waals surface area contributed by atoms with Gasteiger partial charge >= 0.3 is 0 Å². The maximum atomic E-state index is 12.4. The molecule has 1 aliphatic rings. The minimum absolute atomic E-state index is 0.00415. The number of hydrogen-bond donors (Lipinski definition) is 1. The average Bonchev–Trinajstić information content (AvgIpc) is 3.35. The number of terminal acetylenes is 1. The van der Waals surface area contributed by atoms with E-state index in [0.29, 0.717) is 0 Å². The molecule has 0 aromatic heterocycles. The smallest absolute Gasteiger partial charge is 0.255 e. The molecule has 1 aromatic rings. The summed E-state index contributed by atoms with van der Waals surface area (Å²) < 4.78 is 26.3. The van der Waals surface area contributed by atoms with Crippen molar-refractivity contribution in [3.63, 3.8) is 0 Å². The van der Waals surface area contributed by atoms with Crippen LogP contribution in [0.25, 0.3) is 0 Å². The molecule has 0 spiro atoms. The first-order valence-corrected chi connectivity index (χ1v) is 8.19. The second-order valence-electron chi connectivity index (χ2n) is 4.88. The predicted octanol–water partition coefficient (Wildman–Crippen LogP) is 0.726. The first-order chi connectivity index (χ1) is 10.5. The summed E-state index contributed by atoms with van der Waals surface area (Å²) in [4.78, 5) is 13.9. The quantitative estimate of drug-likeness (QED) is 0.618. The monoisotopic (exact) mass is 317 g/mol. The van der Waals surface area contributed by atoms with Crippen LogP contribution in [-0.4, -0.2) is 38.4 Å². The summed E-state index contributed by atoms with van der Waals surface area (Å²) in [7, 11) is -3.75. The number of nitrogens with one attached hydrogen (secondary N) is 1. The number of hydrogen-bond acceptors (Lipinski definition) is 4. The summed E-state index contributed by atoms with van der Waals surface area (Å²) in [6, 6.07) is 7.76. The highest BCUT2D eigenvalue weighted by Gasteiger charge is 2.33. The van der Waals surface area contributed by atoms with Gasteiger partial charge in [-0.05, 0) is 31.0 Å². The molecule has 1 aromatic carbocycles. The maximum absolute atomic E-state index is 12.4. The molecule has 1 fully saturated rings. The first-order valence-electron chi connectivity index (χ1n) is 6.70. The summed E-state index contributed by atoms with van der Waals surface area (Å²) >= 11 is 0. The highest BCUT2D eigenvalue weighted by Crippen LogP contribution is 2.28. The third-order valence-electron chi connectivity index (χ3n) is 3.25. The topological polar surface area (TPSA) is 90.3 Å². The number of rotatable bonds is 6. The van der Waals surface area contributed by atoms with Crippen LogP contribution in [-0.2, 0) is 10.0 Å². The van der Waals surface area contributed by atoms with E-state index < -0.39 is 10.0 Å². The molecule has 1 amide bonds. The zero-order chi connectivity index (χ0) is 16.2. The van der Waals surface area contributed by atoms with Gasteiger partial charge in [-0.25, -0.2) is 8.42 Å². The van der Waals surface area contributed by atoms with Crippen molar-refractivity contribution in [2.24, 2.45) is 0 Å². The number of nitriles is 1. The lowest BCUT2D eigenvalue weighted by Crippen LogP contribution is -2.33. The third kappa shape index (κ3) is 3.64. The lowest BCUT2D eigenvalue weighted by Gasteiger charge is -2.19. The van der Waals surface area contributed by atoms with Crippen LogP contribution >= 0.6 is 0 Å². The standard InChI is InChI=1S/C15H15N3O3S/c1-2-9-17-22(20,21)14-5-3-4-12(11-14)15(19)18(10-8-16)13-6-7-13/h1,3-5,11,13,17H,6-7,9-10H2. The van der Waals surface area contributed by atoms with Crippen LogP contribution in [0.4, 0.5) is 0 Å².